The Kier molecular flexibility index (Phi) is 2.84. The number of aromatic nitrogens is 3. The van der Waals surface area contributed by atoms with Crippen LogP contribution in [0, 0.1) is 0 Å². The van der Waals surface area contributed by atoms with Crippen LogP contribution in [-0.2, 0) is 6.42 Å². The zero-order valence-corrected chi connectivity index (χ0v) is 9.29. The minimum Gasteiger partial charge on any atom is -0.301 e. The van der Waals surface area contributed by atoms with Gasteiger partial charge in [0.05, 0.1) is 0 Å². The minimum atomic E-state index is 0.302. The summed E-state index contributed by atoms with van der Waals surface area (Å²) in [6.45, 7) is 2.11. The quantitative estimate of drug-likeness (QED) is 0.808. The second-order valence-corrected chi connectivity index (χ2v) is 4.51. The summed E-state index contributed by atoms with van der Waals surface area (Å²) >= 11 is 7.62. The zero-order valence-electron chi connectivity index (χ0n) is 7.72. The van der Waals surface area contributed by atoms with Gasteiger partial charge in [-0.2, -0.15) is 0 Å². The van der Waals surface area contributed by atoms with E-state index in [0.29, 0.717) is 11.3 Å². The molecule has 0 aliphatic heterocycles. The van der Waals surface area contributed by atoms with Gasteiger partial charge in [0.2, 0.25) is 5.28 Å². The average molecular weight is 228 g/mol. The second-order valence-electron chi connectivity index (χ2n) is 3.14. The maximum Gasteiger partial charge on any atom is 0.225 e. The van der Waals surface area contributed by atoms with E-state index in [1.807, 2.05) is 4.57 Å². The number of hydrogen-bond donors (Lipinski definition) is 0. The minimum absolute atomic E-state index is 0.302. The van der Waals surface area contributed by atoms with Gasteiger partial charge in [0.15, 0.2) is 0 Å². The molecule has 0 aliphatic rings. The summed E-state index contributed by atoms with van der Waals surface area (Å²) in [5.74, 6) is 0. The predicted octanol–water partition coefficient (Wildman–Crippen LogP) is 2.80. The lowest BCUT2D eigenvalue weighted by molar-refractivity contribution is 0.547. The largest absolute Gasteiger partial charge is 0.301 e. The Hall–Kier alpha value is -0.870. The summed E-state index contributed by atoms with van der Waals surface area (Å²) in [4.78, 5) is 1.35. The lowest BCUT2D eigenvalue weighted by Gasteiger charge is -2.11. The molecule has 2 aromatic rings. The van der Waals surface area contributed by atoms with Crippen LogP contribution in [0.5, 0.6) is 0 Å². The highest BCUT2D eigenvalue weighted by molar-refractivity contribution is 7.09. The first-order chi connectivity index (χ1) is 6.77. The number of thiophene rings is 1. The number of hydrogen-bond acceptors (Lipinski definition) is 3. The van der Waals surface area contributed by atoms with Gasteiger partial charge in [0.25, 0.3) is 0 Å². The topological polar surface area (TPSA) is 30.7 Å². The third-order valence-electron chi connectivity index (χ3n) is 2.08. The van der Waals surface area contributed by atoms with E-state index in [1.165, 1.54) is 4.88 Å². The van der Waals surface area contributed by atoms with E-state index in [9.17, 15) is 0 Å². The molecule has 74 valence electrons. The van der Waals surface area contributed by atoms with Crippen molar-refractivity contribution in [2.45, 2.75) is 19.4 Å². The Morgan fingerprint density at radius 3 is 3.07 bits per heavy atom. The van der Waals surface area contributed by atoms with Crippen LogP contribution in [0.25, 0.3) is 0 Å². The van der Waals surface area contributed by atoms with Gasteiger partial charge in [-0.3, -0.25) is 0 Å². The molecule has 2 rings (SSSR count). The number of halogens is 1. The number of nitrogens with zero attached hydrogens (tertiary/aromatic N) is 3. The smallest absolute Gasteiger partial charge is 0.225 e. The van der Waals surface area contributed by atoms with Crippen LogP contribution in [0.1, 0.15) is 17.8 Å². The predicted molar refractivity (Wildman–Crippen MR) is 57.8 cm³/mol. The van der Waals surface area contributed by atoms with Crippen LogP contribution in [0.4, 0.5) is 0 Å². The van der Waals surface area contributed by atoms with Gasteiger partial charge in [0, 0.05) is 17.3 Å². The average Bonchev–Trinajstić information content (AvgIpc) is 2.75. The normalized spacial score (nSPS) is 13.0. The molecule has 0 aromatic carbocycles. The molecular weight excluding hydrogens is 218 g/mol. The van der Waals surface area contributed by atoms with Crippen LogP contribution >= 0.6 is 22.9 Å². The van der Waals surface area contributed by atoms with Gasteiger partial charge in [-0.05, 0) is 30.0 Å². The van der Waals surface area contributed by atoms with E-state index in [2.05, 4.69) is 34.6 Å². The van der Waals surface area contributed by atoms with Crippen LogP contribution in [-0.4, -0.2) is 14.8 Å². The van der Waals surface area contributed by atoms with Crippen LogP contribution in [0.2, 0.25) is 5.28 Å². The van der Waals surface area contributed by atoms with E-state index in [0.717, 1.165) is 6.42 Å². The van der Waals surface area contributed by atoms with E-state index in [4.69, 9.17) is 11.6 Å². The summed E-state index contributed by atoms with van der Waals surface area (Å²) in [5.41, 5.74) is 0. The lowest BCUT2D eigenvalue weighted by Crippen LogP contribution is -2.06. The molecule has 0 aliphatic carbocycles. The Balaban J connectivity index is 2.10. The lowest BCUT2D eigenvalue weighted by atomic mass is 10.2. The molecule has 3 nitrogen and oxygen atoms in total. The van der Waals surface area contributed by atoms with Crippen molar-refractivity contribution >= 4 is 22.9 Å². The summed E-state index contributed by atoms with van der Waals surface area (Å²) < 4.78 is 1.88. The van der Waals surface area contributed by atoms with Crippen molar-refractivity contribution in [2.24, 2.45) is 0 Å². The van der Waals surface area contributed by atoms with Crippen molar-refractivity contribution in [2.75, 3.05) is 0 Å². The maximum absolute atomic E-state index is 5.87. The van der Waals surface area contributed by atoms with Gasteiger partial charge in [-0.1, -0.05) is 6.07 Å². The fourth-order valence-electron chi connectivity index (χ4n) is 1.34. The highest BCUT2D eigenvalue weighted by Gasteiger charge is 2.10. The van der Waals surface area contributed by atoms with E-state index in [-0.39, 0.29) is 0 Å². The van der Waals surface area contributed by atoms with E-state index in [1.54, 1.807) is 17.7 Å². The Morgan fingerprint density at radius 1 is 1.64 bits per heavy atom. The molecule has 0 amide bonds. The molecule has 1 atom stereocenters. The van der Waals surface area contributed by atoms with Crippen molar-refractivity contribution in [1.82, 2.24) is 14.8 Å². The van der Waals surface area contributed by atoms with Crippen molar-refractivity contribution in [3.63, 3.8) is 0 Å². The summed E-state index contributed by atoms with van der Waals surface area (Å²) in [6.07, 6.45) is 2.63. The summed E-state index contributed by atoms with van der Waals surface area (Å²) in [6, 6.07) is 4.48. The zero-order chi connectivity index (χ0) is 9.97. The molecule has 5 heteroatoms. The standard InChI is InChI=1S/C9H10ClN3S/c1-7(5-8-3-2-4-14-8)13-6-11-12-9(13)10/h2-4,6-7H,5H2,1H3. The van der Waals surface area contributed by atoms with Gasteiger partial charge in [-0.15, -0.1) is 21.5 Å². The molecule has 1 unspecified atom stereocenters. The first kappa shape index (κ1) is 9.68. The molecule has 0 bridgehead atoms. The molecule has 0 spiro atoms. The Bertz CT molecular complexity index is 396. The SMILES string of the molecule is CC(Cc1cccs1)n1cnnc1Cl. The van der Waals surface area contributed by atoms with Crippen LogP contribution < -0.4 is 0 Å². The third kappa shape index (κ3) is 1.96. The molecule has 14 heavy (non-hydrogen) atoms. The van der Waals surface area contributed by atoms with Gasteiger partial charge in [0.1, 0.15) is 6.33 Å². The molecule has 2 heterocycles. The van der Waals surface area contributed by atoms with Gasteiger partial charge in [-0.25, -0.2) is 0 Å². The molecular formula is C9H10ClN3S. The summed E-state index contributed by atoms with van der Waals surface area (Å²) in [7, 11) is 0. The highest BCUT2D eigenvalue weighted by Crippen LogP contribution is 2.20. The fourth-order valence-corrected chi connectivity index (χ4v) is 2.42. The van der Waals surface area contributed by atoms with E-state index >= 15 is 0 Å². The fraction of sp³-hybridized carbons (Fsp3) is 0.333. The molecule has 0 N–H and O–H groups in total. The maximum atomic E-state index is 5.87. The van der Waals surface area contributed by atoms with Crippen LogP contribution in [0.3, 0.4) is 0 Å². The van der Waals surface area contributed by atoms with Crippen molar-refractivity contribution in [3.05, 3.63) is 34.0 Å². The second kappa shape index (κ2) is 4.11. The molecule has 0 saturated heterocycles. The third-order valence-corrected chi connectivity index (χ3v) is 3.25. The Morgan fingerprint density at radius 2 is 2.50 bits per heavy atom. The first-order valence-corrected chi connectivity index (χ1v) is 5.60. The highest BCUT2D eigenvalue weighted by atomic mass is 35.5. The van der Waals surface area contributed by atoms with Gasteiger partial charge < -0.3 is 4.57 Å². The van der Waals surface area contributed by atoms with E-state index < -0.39 is 0 Å². The molecule has 2 aromatic heterocycles. The molecule has 0 fully saturated rings. The number of rotatable bonds is 3. The van der Waals surface area contributed by atoms with Crippen LogP contribution in [0.15, 0.2) is 23.8 Å². The Labute approximate surface area is 91.4 Å². The molecule has 0 saturated carbocycles. The monoisotopic (exact) mass is 227 g/mol. The van der Waals surface area contributed by atoms with Crippen molar-refractivity contribution in [1.29, 1.82) is 0 Å². The van der Waals surface area contributed by atoms with Crippen molar-refractivity contribution in [3.8, 4) is 0 Å². The first-order valence-electron chi connectivity index (χ1n) is 4.35. The summed E-state index contributed by atoms with van der Waals surface area (Å²) in [5, 5.41) is 10.0. The molecule has 0 radical (unpaired) electrons. The van der Waals surface area contributed by atoms with Gasteiger partial charge >= 0.3 is 0 Å². The van der Waals surface area contributed by atoms with Crippen molar-refractivity contribution < 1.29 is 0 Å².